The summed E-state index contributed by atoms with van der Waals surface area (Å²) >= 11 is 0. The number of ketones is 1. The number of nitrogen functional groups attached to an aromatic ring is 1. The Hall–Kier alpha value is -3.95. The maximum absolute atomic E-state index is 12.5. The molecule has 0 saturated carbocycles. The van der Waals surface area contributed by atoms with Gasteiger partial charge in [-0.15, -0.1) is 0 Å². The molecule has 1 aromatic carbocycles. The molecule has 0 aliphatic carbocycles. The average Bonchev–Trinajstić information content (AvgIpc) is 2.73. The molecule has 3 rings (SSSR count). The Morgan fingerprint density at radius 3 is 2.57 bits per heavy atom. The maximum atomic E-state index is 12.5. The summed E-state index contributed by atoms with van der Waals surface area (Å²) in [5.74, 6) is -2.61. The number of para-hydroxylation sites is 1. The molecule has 0 radical (unpaired) electrons. The fraction of sp³-hybridized carbons (Fsp3) is 0.250. The van der Waals surface area contributed by atoms with Gasteiger partial charge in [-0.1, -0.05) is 19.1 Å². The molecule has 30 heavy (non-hydrogen) atoms. The first-order valence-corrected chi connectivity index (χ1v) is 9.08. The fourth-order valence-electron chi connectivity index (χ4n) is 2.96. The highest BCUT2D eigenvalue weighted by Gasteiger charge is 2.23. The highest BCUT2D eigenvalue weighted by Crippen LogP contribution is 2.13. The minimum absolute atomic E-state index is 0.188. The van der Waals surface area contributed by atoms with Crippen LogP contribution in [0.25, 0.3) is 11.0 Å². The number of Topliss-reactive ketones (excluding diaryl/α,β-unsaturated/α-hetero) is 1. The van der Waals surface area contributed by atoms with Crippen LogP contribution in [0, 0.1) is 0 Å². The predicted molar refractivity (Wildman–Crippen MR) is 108 cm³/mol. The smallest absolute Gasteiger partial charge is 0.374 e. The van der Waals surface area contributed by atoms with Gasteiger partial charge >= 0.3 is 11.7 Å². The second-order valence-corrected chi connectivity index (χ2v) is 6.53. The highest BCUT2D eigenvalue weighted by atomic mass is 16.5. The van der Waals surface area contributed by atoms with Crippen molar-refractivity contribution in [2.24, 2.45) is 7.05 Å². The van der Waals surface area contributed by atoms with E-state index >= 15 is 0 Å². The van der Waals surface area contributed by atoms with Crippen molar-refractivity contribution in [1.29, 1.82) is 0 Å². The molecule has 2 heterocycles. The first-order chi connectivity index (χ1) is 14.3. The van der Waals surface area contributed by atoms with Crippen molar-refractivity contribution in [3.63, 3.8) is 0 Å². The molecule has 0 aliphatic heterocycles. The van der Waals surface area contributed by atoms with Crippen LogP contribution in [-0.4, -0.2) is 27.5 Å². The first kappa shape index (κ1) is 20.8. The van der Waals surface area contributed by atoms with Gasteiger partial charge < -0.3 is 14.9 Å². The molecule has 10 nitrogen and oxygen atoms in total. The zero-order valence-electron chi connectivity index (χ0n) is 16.3. The molecular weight excluding hydrogens is 394 g/mol. The number of benzene rings is 1. The van der Waals surface area contributed by atoms with Crippen molar-refractivity contribution in [3.8, 4) is 0 Å². The van der Waals surface area contributed by atoms with Crippen LogP contribution >= 0.6 is 0 Å². The highest BCUT2D eigenvalue weighted by molar-refractivity contribution is 6.02. The lowest BCUT2D eigenvalue weighted by Gasteiger charge is -2.13. The van der Waals surface area contributed by atoms with Crippen LogP contribution < -0.4 is 22.4 Å². The van der Waals surface area contributed by atoms with Crippen LogP contribution in [-0.2, 0) is 18.3 Å². The third-order valence-corrected chi connectivity index (χ3v) is 4.48. The van der Waals surface area contributed by atoms with Crippen molar-refractivity contribution in [1.82, 2.24) is 9.13 Å². The van der Waals surface area contributed by atoms with E-state index in [0.717, 1.165) is 15.2 Å². The quantitative estimate of drug-likeness (QED) is 0.459. The minimum Gasteiger partial charge on any atom is -0.451 e. The minimum atomic E-state index is -1.05. The van der Waals surface area contributed by atoms with E-state index in [1.165, 1.54) is 13.1 Å². The normalized spacial score (nSPS) is 10.9. The van der Waals surface area contributed by atoms with E-state index in [0.29, 0.717) is 11.8 Å². The van der Waals surface area contributed by atoms with E-state index in [9.17, 15) is 24.0 Å². The summed E-state index contributed by atoms with van der Waals surface area (Å²) in [7, 11) is 1.22. The maximum Gasteiger partial charge on any atom is 0.374 e. The Bertz CT molecular complexity index is 1330. The SMILES string of the molecule is CCCn1c(N)c(C(=O)COC(=O)c2cc(=O)c3ccccc3o2)c(=O)n(C)c1=O. The summed E-state index contributed by atoms with van der Waals surface area (Å²) in [6.45, 7) is 1.19. The average molecular weight is 413 g/mol. The van der Waals surface area contributed by atoms with E-state index in [2.05, 4.69) is 0 Å². The Morgan fingerprint density at radius 2 is 1.87 bits per heavy atom. The molecule has 0 saturated heterocycles. The molecule has 0 aliphatic rings. The van der Waals surface area contributed by atoms with Crippen molar-refractivity contribution in [3.05, 3.63) is 72.7 Å². The predicted octanol–water partition coefficient (Wildman–Crippen LogP) is 0.685. The molecule has 0 atom stereocenters. The van der Waals surface area contributed by atoms with Crippen molar-refractivity contribution < 1.29 is 18.7 Å². The third-order valence-electron chi connectivity index (χ3n) is 4.48. The van der Waals surface area contributed by atoms with Gasteiger partial charge in [-0.05, 0) is 18.6 Å². The molecular formula is C20H19N3O7. The second kappa shape index (κ2) is 8.19. The lowest BCUT2D eigenvalue weighted by Crippen LogP contribution is -2.43. The van der Waals surface area contributed by atoms with E-state index in [4.69, 9.17) is 14.9 Å². The molecule has 156 valence electrons. The number of ether oxygens (including phenoxy) is 1. The lowest BCUT2D eigenvalue weighted by atomic mass is 10.2. The van der Waals surface area contributed by atoms with Gasteiger partial charge in [0, 0.05) is 19.7 Å². The fourth-order valence-corrected chi connectivity index (χ4v) is 2.96. The number of carbonyl (C=O) groups is 2. The Balaban J connectivity index is 1.87. The second-order valence-electron chi connectivity index (χ2n) is 6.53. The number of esters is 1. The summed E-state index contributed by atoms with van der Waals surface area (Å²) in [5.41, 5.74) is 3.63. The van der Waals surface area contributed by atoms with E-state index < -0.39 is 40.6 Å². The Kier molecular flexibility index (Phi) is 5.67. The van der Waals surface area contributed by atoms with E-state index in [1.807, 2.05) is 0 Å². The third kappa shape index (κ3) is 3.66. The number of hydrogen-bond acceptors (Lipinski definition) is 8. The van der Waals surface area contributed by atoms with Gasteiger partial charge in [-0.3, -0.25) is 23.5 Å². The van der Waals surface area contributed by atoms with Crippen LogP contribution in [0.1, 0.15) is 34.3 Å². The number of aromatic nitrogens is 2. The molecule has 3 aromatic rings. The van der Waals surface area contributed by atoms with Crippen molar-refractivity contribution in [2.75, 3.05) is 12.3 Å². The number of nitrogens with zero attached hydrogens (tertiary/aromatic N) is 2. The van der Waals surface area contributed by atoms with E-state index in [1.54, 1.807) is 25.1 Å². The number of rotatable bonds is 6. The van der Waals surface area contributed by atoms with Gasteiger partial charge in [0.1, 0.15) is 17.0 Å². The molecule has 2 N–H and O–H groups in total. The van der Waals surface area contributed by atoms with Crippen molar-refractivity contribution in [2.45, 2.75) is 19.9 Å². The first-order valence-electron chi connectivity index (χ1n) is 9.08. The van der Waals surface area contributed by atoms with Gasteiger partial charge in [-0.25, -0.2) is 9.59 Å². The number of nitrogens with two attached hydrogens (primary N) is 1. The van der Waals surface area contributed by atoms with Crippen molar-refractivity contribution >= 4 is 28.5 Å². The monoisotopic (exact) mass is 413 g/mol. The topological polar surface area (TPSA) is 144 Å². The van der Waals surface area contributed by atoms with Crippen LogP contribution in [0.3, 0.4) is 0 Å². The molecule has 0 spiro atoms. The molecule has 2 aromatic heterocycles. The zero-order valence-corrected chi connectivity index (χ0v) is 16.3. The summed E-state index contributed by atoms with van der Waals surface area (Å²) in [6.07, 6.45) is 0.548. The molecule has 0 bridgehead atoms. The zero-order chi connectivity index (χ0) is 22.0. The summed E-state index contributed by atoms with van der Waals surface area (Å²) in [6, 6.07) is 7.31. The standard InChI is InChI=1S/C20H19N3O7/c1-3-8-23-17(21)16(18(26)22(2)20(23)28)13(25)10-29-19(27)15-9-12(24)11-6-4-5-7-14(11)30-15/h4-7,9H,3,8,10,21H2,1-2H3. The van der Waals surface area contributed by atoms with Crippen LogP contribution in [0.5, 0.6) is 0 Å². The van der Waals surface area contributed by atoms with Crippen LogP contribution in [0.2, 0.25) is 0 Å². The number of hydrogen-bond donors (Lipinski definition) is 1. The van der Waals surface area contributed by atoms with Gasteiger partial charge in [-0.2, -0.15) is 0 Å². The van der Waals surface area contributed by atoms with Gasteiger partial charge in [0.05, 0.1) is 5.39 Å². The number of anilines is 1. The Morgan fingerprint density at radius 1 is 1.17 bits per heavy atom. The lowest BCUT2D eigenvalue weighted by molar-refractivity contribution is 0.0444. The van der Waals surface area contributed by atoms with E-state index in [-0.39, 0.29) is 23.7 Å². The molecule has 10 heteroatoms. The number of fused-ring (bicyclic) bond motifs is 1. The largest absolute Gasteiger partial charge is 0.451 e. The van der Waals surface area contributed by atoms with Crippen LogP contribution in [0.4, 0.5) is 5.82 Å². The summed E-state index contributed by atoms with van der Waals surface area (Å²) < 4.78 is 12.1. The molecule has 0 fully saturated rings. The van der Waals surface area contributed by atoms with Crippen LogP contribution in [0.15, 0.2) is 49.1 Å². The number of carbonyl (C=O) groups excluding carboxylic acids is 2. The molecule has 0 amide bonds. The Labute approximate surface area is 169 Å². The summed E-state index contributed by atoms with van der Waals surface area (Å²) in [5, 5.41) is 0.291. The van der Waals surface area contributed by atoms with Gasteiger partial charge in [0.15, 0.2) is 12.0 Å². The van der Waals surface area contributed by atoms with Gasteiger partial charge in [0.25, 0.3) is 5.56 Å². The molecule has 0 unspecified atom stereocenters. The summed E-state index contributed by atoms with van der Waals surface area (Å²) in [4.78, 5) is 61.4. The van der Waals surface area contributed by atoms with Gasteiger partial charge in [0.2, 0.25) is 11.5 Å².